The maximum atomic E-state index is 13.0. The van der Waals surface area contributed by atoms with Crippen LogP contribution in [0.15, 0.2) is 47.4 Å². The summed E-state index contributed by atoms with van der Waals surface area (Å²) < 4.78 is 40.1. The highest BCUT2D eigenvalue weighted by atomic mass is 32.2. The minimum Gasteiger partial charge on any atom is -0.312 e. The number of nitrogens with one attached hydrogen (secondary N) is 1. The molecule has 138 valence electrons. The van der Waals surface area contributed by atoms with Crippen molar-refractivity contribution in [3.05, 3.63) is 59.4 Å². The minimum absolute atomic E-state index is 0.0246. The van der Waals surface area contributed by atoms with E-state index in [-0.39, 0.29) is 17.3 Å². The number of aryl methyl sites for hydroxylation is 1. The number of nitrogens with zero attached hydrogens (tertiary/aromatic N) is 1. The van der Waals surface area contributed by atoms with Crippen molar-refractivity contribution in [2.75, 3.05) is 11.4 Å². The molecule has 1 aliphatic rings. The monoisotopic (exact) mass is 376 g/mol. The molecule has 1 aliphatic heterocycles. The lowest BCUT2D eigenvalue weighted by Crippen LogP contribution is -2.35. The quantitative estimate of drug-likeness (QED) is 0.843. The van der Waals surface area contributed by atoms with Crippen LogP contribution in [0, 0.1) is 5.82 Å². The average Bonchev–Trinajstić information content (AvgIpc) is 2.63. The molecule has 0 bridgehead atoms. The number of carbonyl (C=O) groups excluding carboxylic acids is 1. The van der Waals surface area contributed by atoms with Gasteiger partial charge in [-0.25, -0.2) is 17.5 Å². The third kappa shape index (κ3) is 3.94. The van der Waals surface area contributed by atoms with Crippen LogP contribution in [-0.2, 0) is 27.8 Å². The first kappa shape index (κ1) is 18.5. The van der Waals surface area contributed by atoms with Crippen LogP contribution in [0.25, 0.3) is 0 Å². The molecule has 7 heteroatoms. The van der Waals surface area contributed by atoms with Gasteiger partial charge in [0.1, 0.15) is 5.82 Å². The Morgan fingerprint density at radius 3 is 2.54 bits per heavy atom. The first-order valence-electron chi connectivity index (χ1n) is 8.58. The van der Waals surface area contributed by atoms with E-state index in [2.05, 4.69) is 4.72 Å². The highest BCUT2D eigenvalue weighted by Gasteiger charge is 2.23. The van der Waals surface area contributed by atoms with E-state index in [1.54, 1.807) is 4.90 Å². The Balaban J connectivity index is 1.75. The molecule has 0 unspecified atom stereocenters. The van der Waals surface area contributed by atoms with Crippen molar-refractivity contribution in [2.45, 2.75) is 37.6 Å². The van der Waals surface area contributed by atoms with E-state index < -0.39 is 15.8 Å². The van der Waals surface area contributed by atoms with E-state index in [1.807, 2.05) is 25.1 Å². The summed E-state index contributed by atoms with van der Waals surface area (Å²) in [6.07, 6.45) is 2.01. The summed E-state index contributed by atoms with van der Waals surface area (Å²) in [5.41, 5.74) is 2.78. The molecule has 0 spiro atoms. The lowest BCUT2D eigenvalue weighted by Gasteiger charge is -2.29. The van der Waals surface area contributed by atoms with E-state index >= 15 is 0 Å². The largest absolute Gasteiger partial charge is 0.312 e. The number of hydrogen-bond donors (Lipinski definition) is 1. The summed E-state index contributed by atoms with van der Waals surface area (Å²) in [6, 6.07) is 10.4. The highest BCUT2D eigenvalue weighted by molar-refractivity contribution is 7.89. The Morgan fingerprint density at radius 2 is 1.85 bits per heavy atom. The topological polar surface area (TPSA) is 66.5 Å². The smallest absolute Gasteiger partial charge is 0.240 e. The van der Waals surface area contributed by atoms with Crippen molar-refractivity contribution >= 4 is 21.6 Å². The molecule has 0 saturated heterocycles. The van der Waals surface area contributed by atoms with Crippen molar-refractivity contribution in [1.29, 1.82) is 0 Å². The van der Waals surface area contributed by atoms with Gasteiger partial charge >= 0.3 is 0 Å². The number of benzene rings is 2. The number of anilines is 1. The first-order valence-corrected chi connectivity index (χ1v) is 10.1. The van der Waals surface area contributed by atoms with Crippen LogP contribution in [0.4, 0.5) is 10.1 Å². The molecular weight excluding hydrogens is 355 g/mol. The first-order chi connectivity index (χ1) is 12.4. The molecule has 26 heavy (non-hydrogen) atoms. The van der Waals surface area contributed by atoms with Crippen LogP contribution in [0.3, 0.4) is 0 Å². The van der Waals surface area contributed by atoms with Gasteiger partial charge in [0.05, 0.1) is 4.90 Å². The molecule has 2 aromatic rings. The summed E-state index contributed by atoms with van der Waals surface area (Å²) in [4.78, 5) is 13.9. The molecule has 0 atom stereocenters. The van der Waals surface area contributed by atoms with Crippen LogP contribution in [-0.4, -0.2) is 20.9 Å². The van der Waals surface area contributed by atoms with Gasteiger partial charge in [-0.15, -0.1) is 0 Å². The summed E-state index contributed by atoms with van der Waals surface area (Å²) in [5.74, 6) is -0.353. The Kier molecular flexibility index (Phi) is 5.38. The van der Waals surface area contributed by atoms with Gasteiger partial charge in [0.2, 0.25) is 15.9 Å². The fourth-order valence-electron chi connectivity index (χ4n) is 3.07. The highest BCUT2D eigenvalue weighted by Crippen LogP contribution is 2.29. The second-order valence-electron chi connectivity index (χ2n) is 6.29. The normalized spacial score (nSPS) is 14.4. The van der Waals surface area contributed by atoms with Crippen molar-refractivity contribution in [3.8, 4) is 0 Å². The van der Waals surface area contributed by atoms with Crippen LogP contribution in [0.5, 0.6) is 0 Å². The van der Waals surface area contributed by atoms with E-state index in [9.17, 15) is 17.6 Å². The second-order valence-corrected chi connectivity index (χ2v) is 8.05. The number of fused-ring (bicyclic) bond motifs is 1. The van der Waals surface area contributed by atoms with E-state index in [4.69, 9.17) is 0 Å². The SMILES string of the molecule is CCCN1C(=O)CCc2cc(CNS(=O)(=O)c3ccc(F)cc3)ccc21. The molecule has 0 aliphatic carbocycles. The molecule has 1 heterocycles. The van der Waals surface area contributed by atoms with Gasteiger partial charge in [-0.3, -0.25) is 4.79 Å². The third-order valence-corrected chi connectivity index (χ3v) is 5.80. The lowest BCUT2D eigenvalue weighted by atomic mass is 9.98. The molecule has 1 amide bonds. The molecule has 1 N–H and O–H groups in total. The van der Waals surface area contributed by atoms with Gasteiger partial charge < -0.3 is 4.90 Å². The number of sulfonamides is 1. The average molecular weight is 376 g/mol. The van der Waals surface area contributed by atoms with Crippen LogP contribution in [0.2, 0.25) is 0 Å². The number of hydrogen-bond acceptors (Lipinski definition) is 3. The predicted molar refractivity (Wildman–Crippen MR) is 97.8 cm³/mol. The molecular formula is C19H21FN2O3S. The van der Waals surface area contributed by atoms with Crippen molar-refractivity contribution in [2.24, 2.45) is 0 Å². The summed E-state index contributed by atoms with van der Waals surface area (Å²) >= 11 is 0. The maximum absolute atomic E-state index is 13.0. The van der Waals surface area contributed by atoms with Gasteiger partial charge in [0, 0.05) is 25.2 Å². The van der Waals surface area contributed by atoms with E-state index in [1.165, 1.54) is 12.1 Å². The van der Waals surface area contributed by atoms with Gasteiger partial charge in [-0.05, 0) is 54.3 Å². The van der Waals surface area contributed by atoms with E-state index in [0.717, 1.165) is 35.4 Å². The molecule has 5 nitrogen and oxygen atoms in total. The van der Waals surface area contributed by atoms with Crippen molar-refractivity contribution < 1.29 is 17.6 Å². The molecule has 0 radical (unpaired) electrons. The summed E-state index contributed by atoms with van der Waals surface area (Å²) in [5, 5.41) is 0. The van der Waals surface area contributed by atoms with Crippen LogP contribution >= 0.6 is 0 Å². The van der Waals surface area contributed by atoms with Crippen LogP contribution < -0.4 is 9.62 Å². The third-order valence-electron chi connectivity index (χ3n) is 4.38. The predicted octanol–water partition coefficient (Wildman–Crippen LogP) is 2.99. The standard InChI is InChI=1S/C19H21FN2O3S/c1-2-11-22-18-9-3-14(12-15(18)4-10-19(22)23)13-21-26(24,25)17-7-5-16(20)6-8-17/h3,5-9,12,21H,2,4,10-11,13H2,1H3. The number of halogens is 1. The zero-order valence-corrected chi connectivity index (χ0v) is 15.4. The number of carbonyl (C=O) groups is 1. The minimum atomic E-state index is -3.71. The van der Waals surface area contributed by atoms with E-state index in [0.29, 0.717) is 19.4 Å². The van der Waals surface area contributed by atoms with Gasteiger partial charge in [-0.1, -0.05) is 19.1 Å². The fraction of sp³-hybridized carbons (Fsp3) is 0.316. The number of rotatable bonds is 6. The van der Waals surface area contributed by atoms with Gasteiger partial charge in [0.15, 0.2) is 0 Å². The Hall–Kier alpha value is -2.25. The van der Waals surface area contributed by atoms with Gasteiger partial charge in [0.25, 0.3) is 0 Å². The zero-order valence-electron chi connectivity index (χ0n) is 14.5. The maximum Gasteiger partial charge on any atom is 0.240 e. The Bertz CT molecular complexity index is 911. The molecule has 3 rings (SSSR count). The fourth-order valence-corrected chi connectivity index (χ4v) is 4.09. The second kappa shape index (κ2) is 7.55. The number of amides is 1. The summed E-state index contributed by atoms with van der Waals surface area (Å²) in [7, 11) is -3.71. The zero-order chi connectivity index (χ0) is 18.7. The summed E-state index contributed by atoms with van der Waals surface area (Å²) in [6.45, 7) is 2.84. The van der Waals surface area contributed by atoms with Crippen molar-refractivity contribution in [1.82, 2.24) is 4.72 Å². The molecule has 0 fully saturated rings. The Labute approximate surface area is 152 Å². The van der Waals surface area contributed by atoms with Gasteiger partial charge in [-0.2, -0.15) is 0 Å². The van der Waals surface area contributed by atoms with Crippen LogP contribution in [0.1, 0.15) is 30.9 Å². The molecule has 0 saturated carbocycles. The Morgan fingerprint density at radius 1 is 1.12 bits per heavy atom. The molecule has 0 aromatic heterocycles. The van der Waals surface area contributed by atoms with Crippen molar-refractivity contribution in [3.63, 3.8) is 0 Å². The molecule has 2 aromatic carbocycles. The lowest BCUT2D eigenvalue weighted by molar-refractivity contribution is -0.118.